The van der Waals surface area contributed by atoms with E-state index in [9.17, 15) is 22.8 Å². The van der Waals surface area contributed by atoms with Crippen molar-refractivity contribution in [2.45, 2.75) is 55.8 Å². The maximum atomic E-state index is 13.2. The third-order valence-electron chi connectivity index (χ3n) is 5.14. The molecule has 10 heteroatoms. The topological polar surface area (TPSA) is 70.7 Å². The summed E-state index contributed by atoms with van der Waals surface area (Å²) in [6.45, 7) is 1.35. The number of nitrogens with zero attached hydrogens (tertiary/aromatic N) is 1. The van der Waals surface area contributed by atoms with Crippen molar-refractivity contribution >= 4 is 29.3 Å². The lowest BCUT2D eigenvalue weighted by atomic mass is 9.87. The molecule has 6 nitrogen and oxygen atoms in total. The number of ether oxygens (including phenoxy) is 1. The average Bonchev–Trinajstić information content (AvgIpc) is 3.05. The van der Waals surface area contributed by atoms with Gasteiger partial charge in [-0.25, -0.2) is 5.01 Å². The van der Waals surface area contributed by atoms with Gasteiger partial charge in [0.05, 0.1) is 16.1 Å². The number of amides is 2. The number of fused-ring (bicyclic) bond motifs is 1. The molecule has 1 aliphatic carbocycles. The molecule has 0 atom stereocenters. The standard InChI is InChI=1S/C18H18F3N3O3S/c1-10(25)23-24-16(26)15-13(9-17(24)6-2-3-7-17)22-12-5-4-11(8-14(12)28-15)27-18(19,20)21/h4-5,8,22H,2-3,6-7,9H2,1H3,(H,23,25). The number of halogens is 3. The number of carbonyl (C=O) groups is 2. The van der Waals surface area contributed by atoms with Crippen molar-refractivity contribution in [3.8, 4) is 5.75 Å². The van der Waals surface area contributed by atoms with E-state index < -0.39 is 11.9 Å². The summed E-state index contributed by atoms with van der Waals surface area (Å²) in [6, 6.07) is 4.00. The molecule has 2 aliphatic heterocycles. The monoisotopic (exact) mass is 413 g/mol. The summed E-state index contributed by atoms with van der Waals surface area (Å²) in [6.07, 6.45) is -0.729. The zero-order valence-electron chi connectivity index (χ0n) is 15.0. The van der Waals surface area contributed by atoms with Crippen LogP contribution in [-0.2, 0) is 9.59 Å². The van der Waals surface area contributed by atoms with Crippen molar-refractivity contribution in [3.63, 3.8) is 0 Å². The molecule has 0 radical (unpaired) electrons. The zero-order chi connectivity index (χ0) is 20.1. The molecule has 1 spiro atoms. The molecule has 1 saturated carbocycles. The molecule has 1 aromatic carbocycles. The fourth-order valence-electron chi connectivity index (χ4n) is 4.06. The molecule has 0 unspecified atom stereocenters. The molecule has 0 aromatic heterocycles. The van der Waals surface area contributed by atoms with Gasteiger partial charge in [-0.05, 0) is 31.0 Å². The van der Waals surface area contributed by atoms with E-state index >= 15 is 0 Å². The minimum absolute atomic E-state index is 0.335. The molecular formula is C18H18F3N3O3S. The molecule has 2 N–H and O–H groups in total. The molecule has 28 heavy (non-hydrogen) atoms. The fraction of sp³-hybridized carbons (Fsp3) is 0.444. The van der Waals surface area contributed by atoms with Crippen molar-refractivity contribution in [1.29, 1.82) is 0 Å². The number of carbonyl (C=O) groups excluding carboxylic acids is 2. The summed E-state index contributed by atoms with van der Waals surface area (Å²) in [4.78, 5) is 25.7. The lowest BCUT2D eigenvalue weighted by Gasteiger charge is -2.46. The smallest absolute Gasteiger partial charge is 0.406 e. The summed E-state index contributed by atoms with van der Waals surface area (Å²) in [5.74, 6) is -1.03. The second-order valence-electron chi connectivity index (χ2n) is 7.16. The number of rotatable bonds is 2. The van der Waals surface area contributed by atoms with Gasteiger partial charge in [0.1, 0.15) is 5.75 Å². The highest BCUT2D eigenvalue weighted by molar-refractivity contribution is 8.04. The van der Waals surface area contributed by atoms with Gasteiger partial charge < -0.3 is 10.1 Å². The van der Waals surface area contributed by atoms with Crippen LogP contribution in [0, 0.1) is 0 Å². The third-order valence-corrected chi connectivity index (χ3v) is 6.32. The van der Waals surface area contributed by atoms with Gasteiger partial charge in [-0.15, -0.1) is 13.2 Å². The van der Waals surface area contributed by atoms with Crippen molar-refractivity contribution in [2.24, 2.45) is 0 Å². The predicted molar refractivity (Wildman–Crippen MR) is 96.1 cm³/mol. The Kier molecular flexibility index (Phi) is 4.48. The Balaban J connectivity index is 1.66. The number of hydrogen-bond donors (Lipinski definition) is 2. The molecule has 0 bridgehead atoms. The van der Waals surface area contributed by atoms with Crippen LogP contribution in [0.5, 0.6) is 5.75 Å². The summed E-state index contributed by atoms with van der Waals surface area (Å²) in [5.41, 5.74) is 3.57. The van der Waals surface area contributed by atoms with Gasteiger partial charge in [0.15, 0.2) is 0 Å². The van der Waals surface area contributed by atoms with Crippen LogP contribution in [0.4, 0.5) is 18.9 Å². The molecule has 3 aliphatic rings. The molecule has 150 valence electrons. The number of benzene rings is 1. The molecule has 0 saturated heterocycles. The quantitative estimate of drug-likeness (QED) is 0.769. The van der Waals surface area contributed by atoms with Crippen molar-refractivity contribution in [2.75, 3.05) is 5.32 Å². The maximum Gasteiger partial charge on any atom is 0.573 e. The van der Waals surface area contributed by atoms with Crippen LogP contribution in [-0.4, -0.2) is 28.7 Å². The lowest BCUT2D eigenvalue weighted by Crippen LogP contribution is -2.61. The average molecular weight is 413 g/mol. The Morgan fingerprint density at radius 1 is 1.32 bits per heavy atom. The van der Waals surface area contributed by atoms with Crippen molar-refractivity contribution in [3.05, 3.63) is 28.8 Å². The first-order valence-corrected chi connectivity index (χ1v) is 9.68. The molecule has 2 heterocycles. The maximum absolute atomic E-state index is 13.2. The van der Waals surface area contributed by atoms with Gasteiger partial charge in [-0.2, -0.15) is 0 Å². The first-order chi connectivity index (χ1) is 13.2. The van der Waals surface area contributed by atoms with Crippen LogP contribution in [0.15, 0.2) is 33.7 Å². The highest BCUT2D eigenvalue weighted by Gasteiger charge is 2.49. The Labute approximate surface area is 163 Å². The second kappa shape index (κ2) is 6.61. The van der Waals surface area contributed by atoms with Gasteiger partial charge >= 0.3 is 6.36 Å². The van der Waals surface area contributed by atoms with Gasteiger partial charge in [-0.3, -0.25) is 15.0 Å². The lowest BCUT2D eigenvalue weighted by molar-refractivity contribution is -0.274. The van der Waals surface area contributed by atoms with Crippen LogP contribution in [0.25, 0.3) is 0 Å². The van der Waals surface area contributed by atoms with Crippen molar-refractivity contribution in [1.82, 2.24) is 10.4 Å². The minimum Gasteiger partial charge on any atom is -0.406 e. The first-order valence-electron chi connectivity index (χ1n) is 8.86. The van der Waals surface area contributed by atoms with Crippen LogP contribution >= 0.6 is 11.8 Å². The SMILES string of the molecule is CC(=O)NN1C(=O)C2=C(CC13CCCC3)Nc1ccc(OC(F)(F)F)cc1S2. The number of hydrogen-bond acceptors (Lipinski definition) is 5. The predicted octanol–water partition coefficient (Wildman–Crippen LogP) is 3.91. The number of alkyl halides is 3. The van der Waals surface area contributed by atoms with Crippen LogP contribution in [0.1, 0.15) is 39.0 Å². The molecule has 1 fully saturated rings. The van der Waals surface area contributed by atoms with Crippen molar-refractivity contribution < 1.29 is 27.5 Å². The highest BCUT2D eigenvalue weighted by Crippen LogP contribution is 2.50. The van der Waals surface area contributed by atoms with E-state index in [0.29, 0.717) is 21.9 Å². The molecule has 4 rings (SSSR count). The van der Waals surface area contributed by atoms with Gasteiger partial charge in [-0.1, -0.05) is 24.6 Å². The Morgan fingerprint density at radius 2 is 2.04 bits per heavy atom. The van der Waals surface area contributed by atoms with E-state index in [2.05, 4.69) is 15.5 Å². The number of nitrogens with one attached hydrogen (secondary N) is 2. The Morgan fingerprint density at radius 3 is 2.68 bits per heavy atom. The summed E-state index contributed by atoms with van der Waals surface area (Å²) in [5, 5.41) is 4.63. The summed E-state index contributed by atoms with van der Waals surface area (Å²) < 4.78 is 41.4. The number of hydrazine groups is 1. The number of anilines is 1. The van der Waals surface area contributed by atoms with Crippen LogP contribution in [0.3, 0.4) is 0 Å². The van der Waals surface area contributed by atoms with E-state index in [0.717, 1.165) is 43.1 Å². The summed E-state index contributed by atoms with van der Waals surface area (Å²) >= 11 is 1.09. The number of thioether (sulfide) groups is 1. The molecular weight excluding hydrogens is 395 g/mol. The third kappa shape index (κ3) is 3.41. The van der Waals surface area contributed by atoms with Crippen LogP contribution < -0.4 is 15.5 Å². The Hall–Kier alpha value is -2.36. The molecule has 2 amide bonds. The zero-order valence-corrected chi connectivity index (χ0v) is 15.8. The van der Waals surface area contributed by atoms with Gasteiger partial charge in [0, 0.05) is 23.9 Å². The van der Waals surface area contributed by atoms with Crippen LogP contribution in [0.2, 0.25) is 0 Å². The minimum atomic E-state index is -4.79. The first kappa shape index (κ1) is 19.0. The van der Waals surface area contributed by atoms with E-state index in [1.165, 1.54) is 30.1 Å². The molecule has 1 aromatic rings. The van der Waals surface area contributed by atoms with E-state index in [1.807, 2.05) is 0 Å². The van der Waals surface area contributed by atoms with Gasteiger partial charge in [0.2, 0.25) is 5.91 Å². The van der Waals surface area contributed by atoms with E-state index in [1.54, 1.807) is 0 Å². The van der Waals surface area contributed by atoms with E-state index in [-0.39, 0.29) is 17.6 Å². The van der Waals surface area contributed by atoms with E-state index in [4.69, 9.17) is 0 Å². The Bertz CT molecular complexity index is 879. The fourth-order valence-corrected chi connectivity index (χ4v) is 5.11. The normalized spacial score (nSPS) is 20.6. The largest absolute Gasteiger partial charge is 0.573 e. The highest BCUT2D eigenvalue weighted by atomic mass is 32.2. The van der Waals surface area contributed by atoms with Gasteiger partial charge in [0.25, 0.3) is 5.91 Å². The second-order valence-corrected chi connectivity index (χ2v) is 8.21. The summed E-state index contributed by atoms with van der Waals surface area (Å²) in [7, 11) is 0.